The third-order valence-electron chi connectivity index (χ3n) is 3.33. The standard InChI is InChI=1S/C18H17FN2O3/c1-12(22)13-6-8-15(9-7-13)21-18(24)11-20-17(23)10-14-4-2-3-5-16(14)19/h2-9H,10-11H2,1H3,(H,20,23)(H,21,24). The Morgan fingerprint density at radius 2 is 1.62 bits per heavy atom. The van der Waals surface area contributed by atoms with Crippen molar-refractivity contribution in [2.45, 2.75) is 13.3 Å². The maximum atomic E-state index is 13.4. The van der Waals surface area contributed by atoms with Gasteiger partial charge in [0.15, 0.2) is 5.78 Å². The quantitative estimate of drug-likeness (QED) is 0.799. The second kappa shape index (κ2) is 8.01. The van der Waals surface area contributed by atoms with E-state index in [4.69, 9.17) is 0 Å². The lowest BCUT2D eigenvalue weighted by Gasteiger charge is -2.08. The molecule has 2 rings (SSSR count). The minimum atomic E-state index is -0.456. The van der Waals surface area contributed by atoms with Crippen LogP contribution in [0.3, 0.4) is 0 Å². The Morgan fingerprint density at radius 1 is 0.958 bits per heavy atom. The third kappa shape index (κ3) is 5.01. The van der Waals surface area contributed by atoms with Gasteiger partial charge in [0, 0.05) is 11.3 Å². The van der Waals surface area contributed by atoms with Crippen LogP contribution >= 0.6 is 0 Å². The number of Topliss-reactive ketones (excluding diaryl/α,β-unsaturated/α-hetero) is 1. The summed E-state index contributed by atoms with van der Waals surface area (Å²) in [6.45, 7) is 1.24. The first kappa shape index (κ1) is 17.3. The van der Waals surface area contributed by atoms with Crippen LogP contribution < -0.4 is 10.6 Å². The Hall–Kier alpha value is -3.02. The van der Waals surface area contributed by atoms with E-state index >= 15 is 0 Å². The van der Waals surface area contributed by atoms with E-state index < -0.39 is 17.6 Å². The number of anilines is 1. The number of nitrogens with one attached hydrogen (secondary N) is 2. The number of carbonyl (C=O) groups is 3. The molecule has 0 aromatic heterocycles. The SMILES string of the molecule is CC(=O)c1ccc(NC(=O)CNC(=O)Cc2ccccc2F)cc1. The molecule has 5 nitrogen and oxygen atoms in total. The van der Waals surface area contributed by atoms with Crippen LogP contribution in [0.25, 0.3) is 0 Å². The highest BCUT2D eigenvalue weighted by Crippen LogP contribution is 2.10. The lowest BCUT2D eigenvalue weighted by molar-refractivity contribution is -0.123. The van der Waals surface area contributed by atoms with Crippen LogP contribution in [0.4, 0.5) is 10.1 Å². The molecule has 0 fully saturated rings. The van der Waals surface area contributed by atoms with Gasteiger partial charge in [-0.1, -0.05) is 18.2 Å². The second-order valence-electron chi connectivity index (χ2n) is 5.23. The van der Waals surface area contributed by atoms with E-state index in [9.17, 15) is 18.8 Å². The average Bonchev–Trinajstić information content (AvgIpc) is 2.55. The third-order valence-corrected chi connectivity index (χ3v) is 3.33. The van der Waals surface area contributed by atoms with Gasteiger partial charge in [-0.05, 0) is 42.8 Å². The lowest BCUT2D eigenvalue weighted by atomic mass is 10.1. The molecule has 0 heterocycles. The normalized spacial score (nSPS) is 10.1. The minimum absolute atomic E-state index is 0.0618. The van der Waals surface area contributed by atoms with Crippen molar-refractivity contribution in [1.82, 2.24) is 5.32 Å². The first-order chi connectivity index (χ1) is 11.5. The molecule has 6 heteroatoms. The van der Waals surface area contributed by atoms with E-state index in [-0.39, 0.29) is 24.3 Å². The van der Waals surface area contributed by atoms with Gasteiger partial charge in [0.25, 0.3) is 0 Å². The summed E-state index contributed by atoms with van der Waals surface area (Å²) >= 11 is 0. The number of hydrogen-bond donors (Lipinski definition) is 2. The molecule has 2 amide bonds. The summed E-state index contributed by atoms with van der Waals surface area (Å²) in [6, 6.07) is 12.4. The molecule has 0 atom stereocenters. The highest BCUT2D eigenvalue weighted by Gasteiger charge is 2.09. The Morgan fingerprint density at radius 3 is 2.25 bits per heavy atom. The fourth-order valence-corrected chi connectivity index (χ4v) is 2.05. The Bertz CT molecular complexity index is 757. The number of hydrogen-bond acceptors (Lipinski definition) is 3. The van der Waals surface area contributed by atoms with Gasteiger partial charge in [0.1, 0.15) is 5.82 Å². The van der Waals surface area contributed by atoms with Crippen molar-refractivity contribution < 1.29 is 18.8 Å². The lowest BCUT2D eigenvalue weighted by Crippen LogP contribution is -2.33. The molecule has 2 aromatic rings. The number of amides is 2. The van der Waals surface area contributed by atoms with Crippen molar-refractivity contribution in [3.63, 3.8) is 0 Å². The largest absolute Gasteiger partial charge is 0.347 e. The molecule has 0 spiro atoms. The summed E-state index contributed by atoms with van der Waals surface area (Å²) in [4.78, 5) is 34.7. The number of carbonyl (C=O) groups excluding carboxylic acids is 3. The molecular weight excluding hydrogens is 311 g/mol. The van der Waals surface area contributed by atoms with Gasteiger partial charge in [-0.3, -0.25) is 14.4 Å². The van der Waals surface area contributed by atoms with Gasteiger partial charge in [0.2, 0.25) is 11.8 Å². The van der Waals surface area contributed by atoms with Gasteiger partial charge in [0.05, 0.1) is 13.0 Å². The van der Waals surface area contributed by atoms with Crippen LogP contribution in [0.1, 0.15) is 22.8 Å². The first-order valence-electron chi connectivity index (χ1n) is 7.36. The topological polar surface area (TPSA) is 75.3 Å². The van der Waals surface area contributed by atoms with E-state index in [1.165, 1.54) is 19.1 Å². The zero-order chi connectivity index (χ0) is 17.5. The van der Waals surface area contributed by atoms with Crippen molar-refractivity contribution in [3.05, 3.63) is 65.5 Å². The molecule has 2 N–H and O–H groups in total. The highest BCUT2D eigenvalue weighted by molar-refractivity contribution is 5.97. The Kier molecular flexibility index (Phi) is 5.78. The molecule has 124 valence electrons. The van der Waals surface area contributed by atoms with E-state index in [1.54, 1.807) is 36.4 Å². The molecular formula is C18H17FN2O3. The van der Waals surface area contributed by atoms with Gasteiger partial charge in [-0.25, -0.2) is 4.39 Å². The summed E-state index contributed by atoms with van der Waals surface area (Å²) in [5.74, 6) is -1.37. The number of rotatable bonds is 6. The van der Waals surface area contributed by atoms with Crippen molar-refractivity contribution in [2.24, 2.45) is 0 Å². The van der Waals surface area contributed by atoms with Crippen LogP contribution in [0.5, 0.6) is 0 Å². The summed E-state index contributed by atoms with van der Waals surface area (Å²) in [5, 5.41) is 5.04. The maximum absolute atomic E-state index is 13.4. The van der Waals surface area contributed by atoms with Crippen molar-refractivity contribution >= 4 is 23.3 Å². The predicted octanol–water partition coefficient (Wildman–Crippen LogP) is 2.33. The Labute approximate surface area is 138 Å². The number of ketones is 1. The molecule has 0 aliphatic carbocycles. The fraction of sp³-hybridized carbons (Fsp3) is 0.167. The molecule has 0 bridgehead atoms. The Balaban J connectivity index is 1.81. The average molecular weight is 328 g/mol. The minimum Gasteiger partial charge on any atom is -0.347 e. The van der Waals surface area contributed by atoms with Crippen LogP contribution in [-0.2, 0) is 16.0 Å². The van der Waals surface area contributed by atoms with E-state index in [2.05, 4.69) is 10.6 Å². The summed E-state index contributed by atoms with van der Waals surface area (Å²) in [5.41, 5.74) is 1.34. The summed E-state index contributed by atoms with van der Waals surface area (Å²) in [7, 11) is 0. The van der Waals surface area contributed by atoms with Gasteiger partial charge < -0.3 is 10.6 Å². The summed E-state index contributed by atoms with van der Waals surface area (Å²) in [6.07, 6.45) is -0.132. The molecule has 0 aliphatic rings. The molecule has 0 saturated carbocycles. The van der Waals surface area contributed by atoms with Crippen molar-refractivity contribution in [2.75, 3.05) is 11.9 Å². The molecule has 0 aliphatic heterocycles. The van der Waals surface area contributed by atoms with Crippen LogP contribution in [-0.4, -0.2) is 24.1 Å². The highest BCUT2D eigenvalue weighted by atomic mass is 19.1. The molecule has 24 heavy (non-hydrogen) atoms. The van der Waals surface area contributed by atoms with Gasteiger partial charge in [-0.2, -0.15) is 0 Å². The van der Waals surface area contributed by atoms with Gasteiger partial charge in [-0.15, -0.1) is 0 Å². The second-order valence-corrected chi connectivity index (χ2v) is 5.23. The van der Waals surface area contributed by atoms with Crippen LogP contribution in [0, 0.1) is 5.82 Å². The van der Waals surface area contributed by atoms with Crippen molar-refractivity contribution in [1.29, 1.82) is 0 Å². The molecule has 0 unspecified atom stereocenters. The zero-order valence-electron chi connectivity index (χ0n) is 13.1. The summed E-state index contributed by atoms with van der Waals surface area (Å²) < 4.78 is 13.4. The smallest absolute Gasteiger partial charge is 0.243 e. The molecule has 0 radical (unpaired) electrons. The van der Waals surface area contributed by atoms with E-state index in [0.29, 0.717) is 11.3 Å². The van der Waals surface area contributed by atoms with Gasteiger partial charge >= 0.3 is 0 Å². The predicted molar refractivity (Wildman–Crippen MR) is 88.2 cm³/mol. The van der Waals surface area contributed by atoms with Crippen LogP contribution in [0.2, 0.25) is 0 Å². The van der Waals surface area contributed by atoms with Crippen molar-refractivity contribution in [3.8, 4) is 0 Å². The van der Waals surface area contributed by atoms with E-state index in [0.717, 1.165) is 0 Å². The molecule has 2 aromatic carbocycles. The number of benzene rings is 2. The molecule has 0 saturated heterocycles. The first-order valence-corrected chi connectivity index (χ1v) is 7.36. The number of halogens is 1. The fourth-order valence-electron chi connectivity index (χ4n) is 2.05. The van der Waals surface area contributed by atoms with Crippen LogP contribution in [0.15, 0.2) is 48.5 Å². The monoisotopic (exact) mass is 328 g/mol. The maximum Gasteiger partial charge on any atom is 0.243 e. The van der Waals surface area contributed by atoms with E-state index in [1.807, 2.05) is 0 Å². The zero-order valence-corrected chi connectivity index (χ0v) is 13.1.